The predicted molar refractivity (Wildman–Crippen MR) is 310 cm³/mol. The Morgan fingerprint density at radius 1 is 0.881 bits per heavy atom. The van der Waals surface area contributed by atoms with Gasteiger partial charge in [-0.25, -0.2) is 23.2 Å². The molecule has 1 N–H and O–H groups in total. The highest BCUT2D eigenvalue weighted by atomic mass is 19.1. The number of ether oxygens (including phenoxy) is 3. The molecule has 0 saturated carbocycles. The van der Waals surface area contributed by atoms with E-state index in [1.54, 1.807) is 42.1 Å². The molecule has 0 aliphatic carbocycles. The minimum atomic E-state index is -0.727. The van der Waals surface area contributed by atoms with Crippen LogP contribution in [0.3, 0.4) is 0 Å². The van der Waals surface area contributed by atoms with Crippen molar-refractivity contribution >= 4 is 62.5 Å². The highest BCUT2D eigenvalue weighted by Crippen LogP contribution is 2.44. The van der Waals surface area contributed by atoms with Gasteiger partial charge in [-0.05, 0) is 146 Å². The molecular formula is C63H71F2N11O8. The first kappa shape index (κ1) is 55.5. The lowest BCUT2D eigenvalue weighted by Crippen LogP contribution is -2.57. The van der Waals surface area contributed by atoms with Crippen LogP contribution >= 0.6 is 0 Å². The fraction of sp³-hybridized carbons (Fsp3) is 0.524. The number of carbonyl (C=O) groups is 4. The Morgan fingerprint density at radius 2 is 1.68 bits per heavy atom. The number of imide groups is 1. The largest absolute Gasteiger partial charge is 0.461 e. The van der Waals surface area contributed by atoms with Crippen LogP contribution < -0.4 is 20.6 Å². The topological polar surface area (TPSA) is 190 Å². The zero-order valence-electron chi connectivity index (χ0n) is 48.1. The molecule has 3 aromatic carbocycles. The van der Waals surface area contributed by atoms with E-state index < -0.39 is 29.2 Å². The number of aryl methyl sites for hydroxylation is 1. The van der Waals surface area contributed by atoms with Crippen molar-refractivity contribution < 1.29 is 42.2 Å². The molecule has 21 heteroatoms. The van der Waals surface area contributed by atoms with E-state index in [1.165, 1.54) is 16.2 Å². The third-order valence-electron chi connectivity index (χ3n) is 19.1. The monoisotopic (exact) mass is 1150 g/mol. The van der Waals surface area contributed by atoms with Gasteiger partial charge in [-0.2, -0.15) is 9.97 Å². The van der Waals surface area contributed by atoms with Gasteiger partial charge in [0.15, 0.2) is 5.82 Å². The molecule has 10 heterocycles. The van der Waals surface area contributed by atoms with Gasteiger partial charge >= 0.3 is 23.9 Å². The van der Waals surface area contributed by atoms with Crippen molar-refractivity contribution in [3.8, 4) is 29.6 Å². The number of nitrogens with one attached hydrogen (secondary N) is 1. The first-order valence-electron chi connectivity index (χ1n) is 29.8. The average Bonchev–Trinajstić information content (AvgIpc) is 2.01. The number of piperazine rings is 1. The lowest BCUT2D eigenvalue weighted by atomic mass is 9.88. The van der Waals surface area contributed by atoms with Crippen LogP contribution in [0.4, 0.5) is 24.2 Å². The number of amides is 4. The number of benzene rings is 3. The number of hydrogen-bond donors (Lipinski definition) is 1. The van der Waals surface area contributed by atoms with Crippen LogP contribution in [0, 0.1) is 29.9 Å². The molecule has 13 rings (SSSR count). The molecule has 7 saturated heterocycles. The molecule has 6 aromatic rings. The Morgan fingerprint density at radius 3 is 2.44 bits per heavy atom. The number of carbonyl (C=O) groups excluding carboxylic acids is 4. The van der Waals surface area contributed by atoms with Crippen molar-refractivity contribution in [3.05, 3.63) is 88.0 Å². The van der Waals surface area contributed by atoms with Gasteiger partial charge in [0.2, 0.25) is 11.8 Å². The van der Waals surface area contributed by atoms with Crippen LogP contribution in [-0.2, 0) is 26.1 Å². The van der Waals surface area contributed by atoms with Crippen LogP contribution in [-0.4, -0.2) is 163 Å². The zero-order valence-corrected chi connectivity index (χ0v) is 48.1. The molecule has 0 radical (unpaired) electrons. The molecule has 7 fully saturated rings. The van der Waals surface area contributed by atoms with Gasteiger partial charge in [-0.15, -0.1) is 6.42 Å². The second-order valence-electron chi connectivity index (χ2n) is 25.3. The molecule has 0 spiro atoms. The normalized spacial score (nSPS) is 25.0. The molecule has 3 unspecified atom stereocenters. The van der Waals surface area contributed by atoms with Crippen LogP contribution in [0.5, 0.6) is 6.01 Å². The predicted octanol–water partition coefficient (Wildman–Crippen LogP) is 8.04. The van der Waals surface area contributed by atoms with Crippen LogP contribution in [0.15, 0.2) is 59.5 Å². The second-order valence-corrected chi connectivity index (χ2v) is 25.3. The van der Waals surface area contributed by atoms with Crippen molar-refractivity contribution in [1.82, 2.24) is 49.0 Å². The second kappa shape index (κ2) is 21.7. The maximum Gasteiger partial charge on any atom is 0.410 e. The molecule has 3 aromatic heterocycles. The number of halogens is 2. The van der Waals surface area contributed by atoms with Gasteiger partial charge in [-0.3, -0.25) is 38.8 Å². The molecule has 4 amide bonds. The van der Waals surface area contributed by atoms with Gasteiger partial charge in [0.1, 0.15) is 47.7 Å². The average molecular weight is 1150 g/mol. The van der Waals surface area contributed by atoms with Crippen LogP contribution in [0.25, 0.3) is 44.0 Å². The number of hydrogen-bond acceptors (Lipinski definition) is 14. The number of anilines is 1. The summed E-state index contributed by atoms with van der Waals surface area (Å²) in [4.78, 5) is 90.3. The fourth-order valence-corrected chi connectivity index (χ4v) is 15.0. The molecule has 7 aliphatic heterocycles. The number of likely N-dealkylation sites (tertiary alicyclic amines) is 2. The maximum absolute atomic E-state index is 17.5. The minimum absolute atomic E-state index is 0.000232. The van der Waals surface area contributed by atoms with Gasteiger partial charge in [0.05, 0.1) is 39.6 Å². The Bertz CT molecular complexity index is 3740. The molecular weight excluding hydrogens is 1080 g/mol. The van der Waals surface area contributed by atoms with Gasteiger partial charge in [0.25, 0.3) is 0 Å². The fourth-order valence-electron chi connectivity index (χ4n) is 15.0. The number of imidazole rings is 1. The number of terminal acetylenes is 1. The van der Waals surface area contributed by atoms with Gasteiger partial charge < -0.3 is 28.9 Å². The summed E-state index contributed by atoms with van der Waals surface area (Å²) in [5.74, 6) is 1.47. The first-order chi connectivity index (χ1) is 40.4. The van der Waals surface area contributed by atoms with E-state index in [0.29, 0.717) is 77.5 Å². The number of nitrogens with zero attached hydrogens (tertiary/aromatic N) is 10. The zero-order chi connectivity index (χ0) is 58.3. The van der Waals surface area contributed by atoms with E-state index in [4.69, 9.17) is 30.6 Å². The highest BCUT2D eigenvalue weighted by Gasteiger charge is 2.51. The summed E-state index contributed by atoms with van der Waals surface area (Å²) in [6.45, 7) is 11.7. The summed E-state index contributed by atoms with van der Waals surface area (Å²) in [6, 6.07) is 13.2. The SMILES string of the molecule is C#Cc1c(F)ccc2cccc(-c3ncc4c(N5CC6CCC(C5)N6C(=O)OC(C)(C)C)nc(OC[C@@]56CCCN5[C@H](COC(=O)N5CC[C@@H](CN7CCC(c8ccc9c(c8)n(C)c(=O)n9C8CCC(=O)NC8=O)CC7)C5)CC6)nc4c3F)c12. The summed E-state index contributed by atoms with van der Waals surface area (Å²) in [7, 11) is 1.73. The molecule has 440 valence electrons. The third-order valence-corrected chi connectivity index (χ3v) is 19.1. The Labute approximate surface area is 485 Å². The molecule has 6 atom stereocenters. The van der Waals surface area contributed by atoms with Crippen LogP contribution in [0.1, 0.15) is 114 Å². The quantitative estimate of drug-likeness (QED) is 0.0969. The summed E-state index contributed by atoms with van der Waals surface area (Å²) in [5.41, 5.74) is 1.61. The maximum atomic E-state index is 17.5. The van der Waals surface area contributed by atoms with E-state index in [9.17, 15) is 24.0 Å². The first-order valence-corrected chi connectivity index (χ1v) is 29.8. The van der Waals surface area contributed by atoms with Crippen molar-refractivity contribution in [2.45, 2.75) is 133 Å². The van der Waals surface area contributed by atoms with Crippen molar-refractivity contribution in [1.29, 1.82) is 0 Å². The number of fused-ring (bicyclic) bond motifs is 6. The number of piperidine rings is 2. The van der Waals surface area contributed by atoms with Gasteiger partial charge in [0, 0.05) is 69.4 Å². The molecule has 84 heavy (non-hydrogen) atoms. The lowest BCUT2D eigenvalue weighted by Gasteiger charge is -2.42. The van der Waals surface area contributed by atoms with Crippen molar-refractivity contribution in [3.63, 3.8) is 0 Å². The van der Waals surface area contributed by atoms with Crippen molar-refractivity contribution in [2.24, 2.45) is 13.0 Å². The van der Waals surface area contributed by atoms with E-state index in [-0.39, 0.29) is 89.9 Å². The molecule has 7 aliphatic rings. The summed E-state index contributed by atoms with van der Waals surface area (Å²) in [5, 5.41) is 3.76. The Kier molecular flexibility index (Phi) is 14.4. The summed E-state index contributed by atoms with van der Waals surface area (Å²) in [6.07, 6.45) is 15.0. The Balaban J connectivity index is 0.657. The minimum Gasteiger partial charge on any atom is -0.461 e. The van der Waals surface area contributed by atoms with E-state index in [2.05, 4.69) is 43.1 Å². The molecule has 2 bridgehead atoms. The Hall–Kier alpha value is -7.70. The number of pyridine rings is 1. The summed E-state index contributed by atoms with van der Waals surface area (Å²) < 4.78 is 54.4. The lowest BCUT2D eigenvalue weighted by molar-refractivity contribution is -0.135. The number of aromatic nitrogens is 5. The highest BCUT2D eigenvalue weighted by molar-refractivity contribution is 6.02. The van der Waals surface area contributed by atoms with E-state index >= 15 is 8.78 Å². The van der Waals surface area contributed by atoms with Gasteiger partial charge in [-0.1, -0.05) is 36.3 Å². The number of rotatable bonds is 11. The molecule has 19 nitrogen and oxygen atoms in total. The third kappa shape index (κ3) is 10.1. The standard InChI is InChI=1S/C63H71F2N11O8/c1-6-44-47(64)15-11-39-9-7-10-45(52(39)44)54-53(65)55-46(30-66-54)56(73-33-41-13-14-42(34-73)75(41)61(81)84-62(2,3)4)69-58(68-55)83-36-63-23-8-25-74(63)43(19-24-63)35-82-60(80)72-28-20-37(32-72)31-71-26-21-38(22-27-71)40-12-16-48-50(29-40)70(5)59(79)76(48)49-17-18-51(77)67-57(49)78/h1,7,9-12,15-16,29-30,37-38,41-43,49H,8,13-14,17-28,31-36H2,2-5H3,(H,67,77,78)/t37-,41?,42?,43-,49?,63-/m0/s1. The van der Waals surface area contributed by atoms with Crippen molar-refractivity contribution in [2.75, 3.05) is 70.5 Å². The van der Waals surface area contributed by atoms with E-state index in [1.807, 2.05) is 36.6 Å². The van der Waals surface area contributed by atoms with E-state index in [0.717, 1.165) is 89.5 Å². The van der Waals surface area contributed by atoms with Crippen LogP contribution in [0.2, 0.25) is 0 Å². The smallest absolute Gasteiger partial charge is 0.410 e. The summed E-state index contributed by atoms with van der Waals surface area (Å²) >= 11 is 0.